The molecule has 360 valence electrons. The van der Waals surface area contributed by atoms with Crippen LogP contribution in [0.2, 0.25) is 0 Å². The van der Waals surface area contributed by atoms with E-state index in [-0.39, 0.29) is 0 Å². The van der Waals surface area contributed by atoms with Crippen molar-refractivity contribution in [3.63, 3.8) is 0 Å². The lowest BCUT2D eigenvalue weighted by molar-refractivity contribution is 1.06. The molecular weight excluding hydrogens is 937 g/mol. The van der Waals surface area contributed by atoms with Gasteiger partial charge in [-0.25, -0.2) is 15.0 Å². The highest BCUT2D eigenvalue weighted by Crippen LogP contribution is 2.41. The fraction of sp³-hybridized carbons (Fsp3) is 0.0282. The first kappa shape index (κ1) is 46.2. The molecule has 4 nitrogen and oxygen atoms in total. The maximum absolute atomic E-state index is 5.40. The zero-order valence-corrected chi connectivity index (χ0v) is 43.3. The summed E-state index contributed by atoms with van der Waals surface area (Å²) in [5.74, 6) is 1.81. The first-order chi connectivity index (χ1) is 37.5. The summed E-state index contributed by atoms with van der Waals surface area (Å²) in [5, 5.41) is 7.62. The second-order valence-electron chi connectivity index (χ2n) is 19.7. The lowest BCUT2D eigenvalue weighted by atomic mass is 10.0. The number of aryl methyl sites for hydroxylation is 2. The molecule has 0 fully saturated rings. The summed E-state index contributed by atoms with van der Waals surface area (Å²) in [4.78, 5) is 15.9. The Bertz CT molecular complexity index is 3940. The summed E-state index contributed by atoms with van der Waals surface area (Å²) < 4.78 is 2.47. The molecule has 0 radical (unpaired) electrons. The molecule has 13 aromatic rings. The number of rotatable bonds is 11. The predicted octanol–water partition coefficient (Wildman–Crippen LogP) is 15.0. The second-order valence-corrected chi connectivity index (χ2v) is 23.5. The molecule has 2 aromatic heterocycles. The van der Waals surface area contributed by atoms with E-state index in [9.17, 15) is 0 Å². The summed E-state index contributed by atoms with van der Waals surface area (Å²) in [6, 6.07) is 102. The van der Waals surface area contributed by atoms with Crippen LogP contribution in [0, 0.1) is 13.8 Å². The molecule has 0 amide bonds. The molecule has 76 heavy (non-hydrogen) atoms. The van der Waals surface area contributed by atoms with E-state index in [0.29, 0.717) is 17.5 Å². The minimum Gasteiger partial charge on any atom is -0.308 e. The Hall–Kier alpha value is -9.55. The molecule has 0 aliphatic heterocycles. The minimum absolute atomic E-state index is 0.589. The Morgan fingerprint density at radius 1 is 0.276 bits per heavy atom. The zero-order chi connectivity index (χ0) is 51.0. The topological polar surface area (TPSA) is 43.6 Å². The zero-order valence-electron chi connectivity index (χ0n) is 42.3. The summed E-state index contributed by atoms with van der Waals surface area (Å²) in [6.07, 6.45) is 0. The van der Waals surface area contributed by atoms with Crippen LogP contribution in [0.15, 0.2) is 279 Å². The summed E-state index contributed by atoms with van der Waals surface area (Å²) >= 11 is 0. The van der Waals surface area contributed by atoms with Gasteiger partial charge < -0.3 is 4.57 Å². The predicted molar refractivity (Wildman–Crippen MR) is 320 cm³/mol. The number of hydrogen-bond acceptors (Lipinski definition) is 3. The highest BCUT2D eigenvalue weighted by molar-refractivity contribution is 7.19. The molecule has 0 saturated carbocycles. The van der Waals surface area contributed by atoms with Crippen LogP contribution < -0.4 is 20.7 Å². The molecule has 0 atom stereocenters. The van der Waals surface area contributed by atoms with E-state index >= 15 is 0 Å². The van der Waals surface area contributed by atoms with Gasteiger partial charge in [0, 0.05) is 27.5 Å². The van der Waals surface area contributed by atoms with Crippen LogP contribution in [-0.4, -0.2) is 27.6 Å². The lowest BCUT2D eigenvalue weighted by Crippen LogP contribution is -2.74. The first-order valence-electron chi connectivity index (χ1n) is 26.0. The maximum atomic E-state index is 5.40. The van der Waals surface area contributed by atoms with Gasteiger partial charge in [0.1, 0.15) is 0 Å². The standard InChI is InChI=1S/C71H52N4Si/c1-49-31-35-51(36-32-49)56-39-42-63-64-43-40-57(52-37-33-50(2)34-38-52)47-67(64)75(66(63)46-56)68-48-58(41-44-65(68)71-73-69(53-19-8-3-9-20-53)72-70(74-71)54-21-10-4-11-22-54)55-23-18-30-62(45-55)76(59-24-12-5-13-25-59,60-26-14-6-15-27-60)61-28-16-7-17-29-61/h3-48H,1-2H3. The van der Waals surface area contributed by atoms with Gasteiger partial charge in [0.25, 0.3) is 0 Å². The Morgan fingerprint density at radius 3 is 1.09 bits per heavy atom. The fourth-order valence-corrected chi connectivity index (χ4v) is 15.9. The highest BCUT2D eigenvalue weighted by atomic mass is 28.3. The number of hydrogen-bond donors (Lipinski definition) is 0. The van der Waals surface area contributed by atoms with Crippen LogP contribution in [0.1, 0.15) is 11.1 Å². The third-order valence-corrected chi connectivity index (χ3v) is 19.7. The van der Waals surface area contributed by atoms with Gasteiger partial charge in [-0.2, -0.15) is 0 Å². The van der Waals surface area contributed by atoms with Crippen molar-refractivity contribution in [1.82, 2.24) is 19.5 Å². The van der Waals surface area contributed by atoms with Gasteiger partial charge in [-0.3, -0.25) is 0 Å². The van der Waals surface area contributed by atoms with E-state index < -0.39 is 8.07 Å². The Morgan fingerprint density at radius 2 is 0.632 bits per heavy atom. The fourth-order valence-electron chi connectivity index (χ4n) is 11.1. The van der Waals surface area contributed by atoms with E-state index in [0.717, 1.165) is 77.6 Å². The molecule has 0 saturated heterocycles. The highest BCUT2D eigenvalue weighted by Gasteiger charge is 2.41. The van der Waals surface area contributed by atoms with Gasteiger partial charge in [0.05, 0.1) is 16.7 Å². The lowest BCUT2D eigenvalue weighted by Gasteiger charge is -2.34. The van der Waals surface area contributed by atoms with Gasteiger partial charge in [-0.15, -0.1) is 0 Å². The molecule has 13 rings (SSSR count). The normalized spacial score (nSPS) is 11.6. The van der Waals surface area contributed by atoms with Gasteiger partial charge in [-0.1, -0.05) is 266 Å². The van der Waals surface area contributed by atoms with Crippen molar-refractivity contribution < 1.29 is 0 Å². The van der Waals surface area contributed by atoms with Crippen molar-refractivity contribution in [3.05, 3.63) is 290 Å². The molecule has 0 spiro atoms. The van der Waals surface area contributed by atoms with Crippen LogP contribution in [0.25, 0.3) is 95.0 Å². The Balaban J connectivity index is 1.11. The molecule has 0 bridgehead atoms. The number of nitrogens with zero attached hydrogens (tertiary/aromatic N) is 4. The third kappa shape index (κ3) is 8.43. The minimum atomic E-state index is -2.86. The smallest absolute Gasteiger partial charge is 0.179 e. The summed E-state index contributed by atoms with van der Waals surface area (Å²) in [7, 11) is -2.86. The van der Waals surface area contributed by atoms with Crippen LogP contribution in [-0.2, 0) is 0 Å². The summed E-state index contributed by atoms with van der Waals surface area (Å²) in [5.41, 5.74) is 15.1. The van der Waals surface area contributed by atoms with E-state index in [1.807, 2.05) is 36.4 Å². The Labute approximate surface area is 445 Å². The average molecular weight is 989 g/mol. The number of fused-ring (bicyclic) bond motifs is 3. The molecule has 0 unspecified atom stereocenters. The summed E-state index contributed by atoms with van der Waals surface area (Å²) in [6.45, 7) is 4.28. The van der Waals surface area contributed by atoms with Crippen molar-refractivity contribution in [2.24, 2.45) is 0 Å². The van der Waals surface area contributed by atoms with Crippen LogP contribution in [0.4, 0.5) is 0 Å². The van der Waals surface area contributed by atoms with Gasteiger partial charge in [0.15, 0.2) is 25.5 Å². The van der Waals surface area contributed by atoms with Crippen molar-refractivity contribution in [2.45, 2.75) is 13.8 Å². The maximum Gasteiger partial charge on any atom is 0.179 e. The number of aromatic nitrogens is 4. The first-order valence-corrected chi connectivity index (χ1v) is 28.0. The van der Waals surface area contributed by atoms with E-state index in [2.05, 4.69) is 261 Å². The van der Waals surface area contributed by atoms with Gasteiger partial charge >= 0.3 is 0 Å². The van der Waals surface area contributed by atoms with Crippen molar-refractivity contribution in [3.8, 4) is 73.2 Å². The average Bonchev–Trinajstić information content (AvgIpc) is 3.88. The van der Waals surface area contributed by atoms with Crippen LogP contribution in [0.3, 0.4) is 0 Å². The largest absolute Gasteiger partial charge is 0.308 e. The van der Waals surface area contributed by atoms with Crippen molar-refractivity contribution >= 4 is 50.6 Å². The van der Waals surface area contributed by atoms with E-state index in [4.69, 9.17) is 15.0 Å². The molecule has 0 aliphatic carbocycles. The molecule has 5 heteroatoms. The molecular formula is C71H52N4Si. The quantitative estimate of drug-likeness (QED) is 0.0958. The van der Waals surface area contributed by atoms with E-state index in [1.165, 1.54) is 31.9 Å². The molecule has 2 heterocycles. The molecule has 0 N–H and O–H groups in total. The number of benzene rings is 11. The molecule has 11 aromatic carbocycles. The van der Waals surface area contributed by atoms with Gasteiger partial charge in [0.2, 0.25) is 0 Å². The van der Waals surface area contributed by atoms with Crippen LogP contribution >= 0.6 is 0 Å². The van der Waals surface area contributed by atoms with E-state index in [1.54, 1.807) is 0 Å². The SMILES string of the molecule is Cc1ccc(-c2ccc3c4ccc(-c5ccc(C)cc5)cc4n(-c4cc(-c5cccc([Si](c6ccccc6)(c6ccccc6)c6ccccc6)c5)ccc4-c4nc(-c5ccccc5)nc(-c5ccccc5)n4)c3c2)cc1. The third-order valence-electron chi connectivity index (χ3n) is 15.0. The Kier molecular flexibility index (Phi) is 12.0. The van der Waals surface area contributed by atoms with Crippen molar-refractivity contribution in [2.75, 3.05) is 0 Å². The molecule has 0 aliphatic rings. The van der Waals surface area contributed by atoms with Crippen molar-refractivity contribution in [1.29, 1.82) is 0 Å². The second kappa shape index (κ2) is 19.7. The van der Waals surface area contributed by atoms with Crippen LogP contribution in [0.5, 0.6) is 0 Å². The van der Waals surface area contributed by atoms with Gasteiger partial charge in [-0.05, 0) is 92.2 Å². The monoisotopic (exact) mass is 988 g/mol.